The average molecular weight is 627 g/mol. The molecule has 0 saturated heterocycles. The van der Waals surface area contributed by atoms with Crippen LogP contribution in [0.4, 0.5) is 62.9 Å². The van der Waals surface area contributed by atoms with E-state index in [1.165, 1.54) is 6.92 Å². The van der Waals surface area contributed by atoms with E-state index in [0.29, 0.717) is 10.7 Å². The third-order valence-corrected chi connectivity index (χ3v) is 5.33. The quantitative estimate of drug-likeness (QED) is 0.223. The van der Waals surface area contributed by atoms with Crippen molar-refractivity contribution in [3.05, 3.63) is 29.6 Å². The summed E-state index contributed by atoms with van der Waals surface area (Å²) >= 11 is 0.242. The first-order valence-electron chi connectivity index (χ1n) is 10.0. The van der Waals surface area contributed by atoms with Gasteiger partial charge in [0.25, 0.3) is 0 Å². The molecule has 0 aliphatic carbocycles. The molecule has 0 aliphatic rings. The van der Waals surface area contributed by atoms with E-state index in [0.717, 1.165) is 19.1 Å². The Morgan fingerprint density at radius 2 is 1.52 bits per heavy atom. The summed E-state index contributed by atoms with van der Waals surface area (Å²) in [6.45, 7) is -0.204. The fourth-order valence-corrected chi connectivity index (χ4v) is 3.44. The van der Waals surface area contributed by atoms with Crippen molar-refractivity contribution in [1.29, 1.82) is 0 Å². The molecule has 1 amide bonds. The smallest absolute Gasteiger partial charge is 0.467 e. The van der Waals surface area contributed by atoms with E-state index in [9.17, 15) is 61.9 Å². The molecule has 0 radical (unpaired) electrons. The normalized spacial score (nSPS) is 13.5. The van der Waals surface area contributed by atoms with Crippen molar-refractivity contribution in [3.8, 4) is 11.6 Å². The lowest BCUT2D eigenvalue weighted by Gasteiger charge is -2.29. The molecule has 0 fully saturated rings. The number of benzene rings is 1. The summed E-state index contributed by atoms with van der Waals surface area (Å²) < 4.78 is 178. The summed E-state index contributed by atoms with van der Waals surface area (Å²) in [6, 6.07) is 2.23. The molecule has 0 atom stereocenters. The predicted molar refractivity (Wildman–Crippen MR) is 108 cm³/mol. The van der Waals surface area contributed by atoms with Gasteiger partial charge in [-0.1, -0.05) is 0 Å². The molecule has 1 heterocycles. The number of thioether (sulfide) groups is 1. The molecule has 7 nitrogen and oxygen atoms in total. The number of carbonyl (C=O) groups is 1. The predicted octanol–water partition coefficient (Wildman–Crippen LogP) is 6.64. The van der Waals surface area contributed by atoms with Crippen molar-refractivity contribution in [1.82, 2.24) is 9.78 Å². The number of aromatic nitrogens is 2. The second kappa shape index (κ2) is 11.5. The van der Waals surface area contributed by atoms with Gasteiger partial charge in [-0.3, -0.25) is 4.79 Å². The zero-order valence-corrected chi connectivity index (χ0v) is 20.3. The molecule has 0 saturated carbocycles. The Morgan fingerprint density at radius 1 is 0.950 bits per heavy atom. The van der Waals surface area contributed by atoms with Crippen molar-refractivity contribution in [3.63, 3.8) is 0 Å². The molecule has 1 aromatic carbocycles. The van der Waals surface area contributed by atoms with Gasteiger partial charge in [-0.25, -0.2) is 18.5 Å². The van der Waals surface area contributed by atoms with Crippen LogP contribution in [-0.2, 0) is 14.3 Å². The number of rotatable bonds is 11. The maximum Gasteiger partial charge on any atom is 0.527 e. The summed E-state index contributed by atoms with van der Waals surface area (Å²) in [5.74, 6) is -4.98. The lowest BCUT2D eigenvalue weighted by molar-refractivity contribution is -0.529. The number of alkyl halides is 12. The monoisotopic (exact) mass is 627 g/mol. The van der Waals surface area contributed by atoms with Crippen molar-refractivity contribution in [2.24, 2.45) is 0 Å². The number of nitrogens with zero attached hydrogens (tertiary/aromatic N) is 2. The van der Waals surface area contributed by atoms with Crippen LogP contribution in [0.15, 0.2) is 23.1 Å². The number of aryl methyl sites for hydroxylation is 1. The highest BCUT2D eigenvalue weighted by Gasteiger charge is 2.68. The number of amides is 1. The lowest BCUT2D eigenvalue weighted by atomic mass is 10.2. The van der Waals surface area contributed by atoms with Gasteiger partial charge < -0.3 is 10.1 Å². The van der Waals surface area contributed by atoms with Gasteiger partial charge >= 0.3 is 30.9 Å². The highest BCUT2D eigenvalue weighted by atomic mass is 32.2. The molecule has 1 N–H and O–H groups in total. The van der Waals surface area contributed by atoms with E-state index < -0.39 is 72.3 Å². The van der Waals surface area contributed by atoms with Crippen LogP contribution in [0.5, 0.6) is 5.88 Å². The summed E-state index contributed by atoms with van der Waals surface area (Å²) in [6.07, 6.45) is -29.5. The van der Waals surface area contributed by atoms with Crippen molar-refractivity contribution < 1.29 is 76.1 Å². The van der Waals surface area contributed by atoms with Crippen LogP contribution in [0.1, 0.15) is 12.5 Å². The second-order valence-corrected chi connectivity index (χ2v) is 8.56. The number of anilines is 1. The van der Waals surface area contributed by atoms with Crippen molar-refractivity contribution >= 4 is 23.5 Å². The first-order valence-corrected chi connectivity index (χ1v) is 11.0. The van der Waals surface area contributed by atoms with Crippen LogP contribution in [-0.4, -0.2) is 58.9 Å². The first-order chi connectivity index (χ1) is 17.9. The molecule has 226 valence electrons. The Bertz CT molecular complexity index is 1220. The van der Waals surface area contributed by atoms with E-state index in [-0.39, 0.29) is 22.2 Å². The number of carbonyl (C=O) groups excluding carboxylic acids is 1. The van der Waals surface area contributed by atoms with Gasteiger partial charge in [0, 0.05) is 17.9 Å². The summed E-state index contributed by atoms with van der Waals surface area (Å²) in [4.78, 5) is 11.4. The topological polar surface area (TPSA) is 74.6 Å². The average Bonchev–Trinajstić information content (AvgIpc) is 3.10. The van der Waals surface area contributed by atoms with Gasteiger partial charge in [-0.2, -0.15) is 39.5 Å². The first kappa shape index (κ1) is 33.3. The van der Waals surface area contributed by atoms with Gasteiger partial charge in [0.05, 0.1) is 5.75 Å². The van der Waals surface area contributed by atoms with Gasteiger partial charge in [0.15, 0.2) is 6.61 Å². The molecule has 2 aromatic rings. The third kappa shape index (κ3) is 9.32. The van der Waals surface area contributed by atoms with Gasteiger partial charge in [-0.05, 0) is 24.6 Å². The molecule has 0 bridgehead atoms. The third-order valence-electron chi connectivity index (χ3n) is 4.10. The van der Waals surface area contributed by atoms with Crippen LogP contribution >= 0.6 is 11.8 Å². The molecular weight excluding hydrogens is 613 g/mol. The minimum Gasteiger partial charge on any atom is -0.467 e. The Hall–Kier alpha value is -2.94. The molecule has 2 rings (SSSR count). The highest BCUT2D eigenvalue weighted by molar-refractivity contribution is 7.99. The Labute approximate surface area is 218 Å². The molecule has 0 spiro atoms. The van der Waals surface area contributed by atoms with Crippen LogP contribution < -0.4 is 10.1 Å². The van der Waals surface area contributed by atoms with E-state index in [1.54, 1.807) is 0 Å². The standard InChI is InChI=1S/C19H14F13N3O4S/c1-8-3-10(20)11(4-12(8)40-7-15(21,22)23)35-13(33-9(2)36)5-14(34-35)37-6-16(24,25)38-17(26,27)18(28,29)39-19(30,31)32/h3-5H,6-7H2,1-2H3,(H,33,36). The van der Waals surface area contributed by atoms with E-state index in [1.807, 2.05) is 4.74 Å². The second-order valence-electron chi connectivity index (χ2n) is 7.54. The molecule has 1 aromatic heterocycles. The Balaban J connectivity index is 2.34. The van der Waals surface area contributed by atoms with Crippen LogP contribution in [0, 0.1) is 12.7 Å². The fraction of sp³-hybridized carbons (Fsp3) is 0.474. The van der Waals surface area contributed by atoms with E-state index in [2.05, 4.69) is 19.9 Å². The molecule has 40 heavy (non-hydrogen) atoms. The highest BCUT2D eigenvalue weighted by Crippen LogP contribution is 2.43. The molecule has 21 heteroatoms. The summed E-state index contributed by atoms with van der Waals surface area (Å²) in [7, 11) is 0. The fourth-order valence-electron chi connectivity index (χ4n) is 2.64. The molecular formula is C19H14F13N3O4S. The zero-order valence-electron chi connectivity index (χ0n) is 19.5. The lowest BCUT2D eigenvalue weighted by Crippen LogP contribution is -2.52. The maximum absolute atomic E-state index is 14.7. The maximum atomic E-state index is 14.7. The van der Waals surface area contributed by atoms with Gasteiger partial charge in [0.2, 0.25) is 11.8 Å². The SMILES string of the molecule is CC(=O)Nc1cc(OCC(F)(F)OC(F)(F)C(F)(F)OC(F)(F)F)nn1-c1cc(SCC(F)(F)F)c(C)cc1F. The number of hydrogen-bond acceptors (Lipinski definition) is 6. The van der Waals surface area contributed by atoms with Crippen LogP contribution in [0.3, 0.4) is 0 Å². The van der Waals surface area contributed by atoms with E-state index in [4.69, 9.17) is 0 Å². The van der Waals surface area contributed by atoms with Gasteiger partial charge in [0.1, 0.15) is 17.3 Å². The number of ether oxygens (including phenoxy) is 3. The number of nitrogens with one attached hydrogen (secondary N) is 1. The summed E-state index contributed by atoms with van der Waals surface area (Å²) in [5, 5.41) is 5.53. The molecule has 0 aliphatic heterocycles. The zero-order chi connectivity index (χ0) is 30.9. The van der Waals surface area contributed by atoms with Crippen molar-refractivity contribution in [2.75, 3.05) is 17.7 Å². The minimum atomic E-state index is -6.60. The Morgan fingerprint density at radius 3 is 2.05 bits per heavy atom. The number of halogens is 13. The largest absolute Gasteiger partial charge is 0.527 e. The van der Waals surface area contributed by atoms with Crippen LogP contribution in [0.25, 0.3) is 5.69 Å². The van der Waals surface area contributed by atoms with Gasteiger partial charge in [-0.15, -0.1) is 30.0 Å². The Kier molecular flexibility index (Phi) is 9.57. The van der Waals surface area contributed by atoms with E-state index >= 15 is 0 Å². The molecule has 0 unspecified atom stereocenters. The van der Waals surface area contributed by atoms with Crippen molar-refractivity contribution in [2.45, 2.75) is 49.6 Å². The number of hydrogen-bond donors (Lipinski definition) is 1. The van der Waals surface area contributed by atoms with Crippen LogP contribution in [0.2, 0.25) is 0 Å². The summed E-state index contributed by atoms with van der Waals surface area (Å²) in [5.41, 5.74) is -0.600. The minimum absolute atomic E-state index is 0.0456.